The summed E-state index contributed by atoms with van der Waals surface area (Å²) in [7, 11) is 3.08. The van der Waals surface area contributed by atoms with E-state index in [0.29, 0.717) is 19.5 Å². The molecule has 0 unspecified atom stereocenters. The van der Waals surface area contributed by atoms with Gasteiger partial charge in [0.15, 0.2) is 6.29 Å². The largest absolute Gasteiger partial charge is 0.355 e. The van der Waals surface area contributed by atoms with Crippen molar-refractivity contribution >= 4 is 5.91 Å². The minimum absolute atomic E-state index is 0.0990. The molecule has 0 aliphatic rings. The second-order valence-corrected chi connectivity index (χ2v) is 4.26. The van der Waals surface area contributed by atoms with E-state index >= 15 is 0 Å². The molecule has 1 aromatic rings. The van der Waals surface area contributed by atoms with Crippen molar-refractivity contribution in [2.75, 3.05) is 33.9 Å². The fraction of sp³-hybridized carbons (Fsp3) is 0.500. The summed E-state index contributed by atoms with van der Waals surface area (Å²) in [6.45, 7) is 1.16. The van der Waals surface area contributed by atoms with E-state index < -0.39 is 0 Å². The molecule has 0 heterocycles. The first-order chi connectivity index (χ1) is 9.65. The Morgan fingerprint density at radius 1 is 1.25 bits per heavy atom. The summed E-state index contributed by atoms with van der Waals surface area (Å²) in [4.78, 5) is 11.5. The molecular weight excluding hydrogens is 263 g/mol. The molecule has 1 amide bonds. The van der Waals surface area contributed by atoms with Crippen LogP contribution in [0.3, 0.4) is 0 Å². The molecule has 2 N–H and O–H groups in total. The topological polar surface area (TPSA) is 59.6 Å². The Kier molecular flexibility index (Phi) is 7.79. The lowest BCUT2D eigenvalue weighted by Crippen LogP contribution is -2.38. The average molecular weight is 284 g/mol. The highest BCUT2D eigenvalue weighted by molar-refractivity contribution is 5.77. The van der Waals surface area contributed by atoms with Gasteiger partial charge in [0.2, 0.25) is 5.91 Å². The van der Waals surface area contributed by atoms with Crippen molar-refractivity contribution in [1.82, 2.24) is 10.6 Å². The van der Waals surface area contributed by atoms with E-state index in [9.17, 15) is 9.18 Å². The summed E-state index contributed by atoms with van der Waals surface area (Å²) >= 11 is 0. The van der Waals surface area contributed by atoms with Crippen LogP contribution in [-0.4, -0.2) is 46.1 Å². The highest BCUT2D eigenvalue weighted by atomic mass is 19.1. The quantitative estimate of drug-likeness (QED) is 0.655. The van der Waals surface area contributed by atoms with Gasteiger partial charge in [0, 0.05) is 27.3 Å². The van der Waals surface area contributed by atoms with E-state index in [0.717, 1.165) is 5.56 Å². The van der Waals surface area contributed by atoms with Crippen LogP contribution in [0.5, 0.6) is 0 Å². The first-order valence-electron chi connectivity index (χ1n) is 6.43. The number of amides is 1. The fourth-order valence-corrected chi connectivity index (χ4v) is 1.63. The summed E-state index contributed by atoms with van der Waals surface area (Å²) in [5, 5.41) is 5.71. The van der Waals surface area contributed by atoms with Crippen LogP contribution in [0, 0.1) is 5.82 Å². The van der Waals surface area contributed by atoms with Crippen molar-refractivity contribution in [2.24, 2.45) is 0 Å². The molecule has 20 heavy (non-hydrogen) atoms. The minimum Gasteiger partial charge on any atom is -0.355 e. The SMILES string of the molecule is COC(CNCC(=O)NCCc1ccc(F)cc1)OC. The van der Waals surface area contributed by atoms with Gasteiger partial charge in [0.05, 0.1) is 6.54 Å². The Hall–Kier alpha value is -1.50. The van der Waals surface area contributed by atoms with Crippen molar-refractivity contribution < 1.29 is 18.7 Å². The number of carbonyl (C=O) groups excluding carboxylic acids is 1. The van der Waals surface area contributed by atoms with Crippen LogP contribution in [-0.2, 0) is 20.7 Å². The first kappa shape index (κ1) is 16.6. The lowest BCUT2D eigenvalue weighted by atomic mass is 10.1. The number of benzene rings is 1. The van der Waals surface area contributed by atoms with Crippen LogP contribution >= 0.6 is 0 Å². The van der Waals surface area contributed by atoms with Gasteiger partial charge in [-0.05, 0) is 24.1 Å². The molecule has 0 aliphatic carbocycles. The minimum atomic E-state index is -0.359. The van der Waals surface area contributed by atoms with Crippen molar-refractivity contribution in [2.45, 2.75) is 12.7 Å². The van der Waals surface area contributed by atoms with Crippen molar-refractivity contribution in [3.05, 3.63) is 35.6 Å². The molecule has 0 fully saturated rings. The Labute approximate surface area is 118 Å². The molecule has 5 nitrogen and oxygen atoms in total. The smallest absolute Gasteiger partial charge is 0.233 e. The zero-order valence-electron chi connectivity index (χ0n) is 11.8. The first-order valence-corrected chi connectivity index (χ1v) is 6.43. The maximum atomic E-state index is 12.7. The number of ether oxygens (including phenoxy) is 2. The van der Waals surface area contributed by atoms with Gasteiger partial charge in [-0.25, -0.2) is 4.39 Å². The number of carbonyl (C=O) groups is 1. The molecule has 6 heteroatoms. The van der Waals surface area contributed by atoms with E-state index in [2.05, 4.69) is 10.6 Å². The van der Waals surface area contributed by atoms with Gasteiger partial charge < -0.3 is 20.1 Å². The van der Waals surface area contributed by atoms with Crippen LogP contribution in [0.15, 0.2) is 24.3 Å². The van der Waals surface area contributed by atoms with Gasteiger partial charge in [0.25, 0.3) is 0 Å². The summed E-state index contributed by atoms with van der Waals surface area (Å²) in [5.41, 5.74) is 0.985. The molecule has 0 saturated heterocycles. The Morgan fingerprint density at radius 3 is 2.50 bits per heavy atom. The van der Waals surface area contributed by atoms with Crippen molar-refractivity contribution in [1.29, 1.82) is 0 Å². The van der Waals surface area contributed by atoms with E-state index in [4.69, 9.17) is 9.47 Å². The number of nitrogens with one attached hydrogen (secondary N) is 2. The second-order valence-electron chi connectivity index (χ2n) is 4.26. The molecule has 0 atom stereocenters. The molecule has 1 aromatic carbocycles. The number of halogens is 1. The fourth-order valence-electron chi connectivity index (χ4n) is 1.63. The zero-order chi connectivity index (χ0) is 14.8. The van der Waals surface area contributed by atoms with E-state index in [1.54, 1.807) is 26.4 Å². The number of rotatable bonds is 9. The summed E-state index contributed by atoms with van der Waals surface area (Å²) in [5.74, 6) is -0.356. The predicted molar refractivity (Wildman–Crippen MR) is 73.8 cm³/mol. The number of hydrogen-bond donors (Lipinski definition) is 2. The summed E-state index contributed by atoms with van der Waals surface area (Å²) in [6.07, 6.45) is 0.312. The molecule has 0 aliphatic heterocycles. The highest BCUT2D eigenvalue weighted by Crippen LogP contribution is 2.02. The van der Waals surface area contributed by atoms with Gasteiger partial charge in [-0.15, -0.1) is 0 Å². The van der Waals surface area contributed by atoms with E-state index in [1.807, 2.05) is 0 Å². The Bertz CT molecular complexity index is 394. The third-order valence-electron chi connectivity index (χ3n) is 2.77. The Morgan fingerprint density at radius 2 is 1.90 bits per heavy atom. The maximum absolute atomic E-state index is 12.7. The number of methoxy groups -OCH3 is 2. The molecule has 0 saturated carbocycles. The number of hydrogen-bond acceptors (Lipinski definition) is 4. The van der Waals surface area contributed by atoms with Crippen LogP contribution in [0.1, 0.15) is 5.56 Å². The third kappa shape index (κ3) is 6.60. The normalized spacial score (nSPS) is 10.8. The van der Waals surface area contributed by atoms with Crippen LogP contribution in [0.4, 0.5) is 4.39 Å². The van der Waals surface area contributed by atoms with E-state index in [1.165, 1.54) is 12.1 Å². The van der Waals surface area contributed by atoms with Gasteiger partial charge in [-0.3, -0.25) is 4.79 Å². The molecule has 0 aromatic heterocycles. The molecule has 0 radical (unpaired) electrons. The van der Waals surface area contributed by atoms with Crippen LogP contribution in [0.2, 0.25) is 0 Å². The third-order valence-corrected chi connectivity index (χ3v) is 2.77. The van der Waals surface area contributed by atoms with Gasteiger partial charge in [0.1, 0.15) is 5.82 Å². The van der Waals surface area contributed by atoms with Crippen LogP contribution < -0.4 is 10.6 Å². The Balaban J connectivity index is 2.12. The molecule has 0 bridgehead atoms. The summed E-state index contributed by atoms with van der Waals surface area (Å²) in [6, 6.07) is 6.24. The van der Waals surface area contributed by atoms with Gasteiger partial charge in [-0.1, -0.05) is 12.1 Å². The predicted octanol–water partition coefficient (Wildman–Crippen LogP) is 0.693. The lowest BCUT2D eigenvalue weighted by molar-refractivity contribution is -0.121. The standard InChI is InChI=1S/C14H21FN2O3/c1-19-14(20-2)10-16-9-13(18)17-8-7-11-3-5-12(15)6-4-11/h3-6,14,16H,7-10H2,1-2H3,(H,17,18). The van der Waals surface area contributed by atoms with Gasteiger partial charge in [-0.2, -0.15) is 0 Å². The van der Waals surface area contributed by atoms with Gasteiger partial charge >= 0.3 is 0 Å². The highest BCUT2D eigenvalue weighted by Gasteiger charge is 2.06. The molecular formula is C14H21FN2O3. The van der Waals surface area contributed by atoms with Crippen molar-refractivity contribution in [3.8, 4) is 0 Å². The molecule has 1 rings (SSSR count). The average Bonchev–Trinajstić information content (AvgIpc) is 2.46. The zero-order valence-corrected chi connectivity index (χ0v) is 11.8. The maximum Gasteiger partial charge on any atom is 0.233 e. The lowest BCUT2D eigenvalue weighted by Gasteiger charge is -2.13. The monoisotopic (exact) mass is 284 g/mol. The van der Waals surface area contributed by atoms with E-state index in [-0.39, 0.29) is 24.6 Å². The van der Waals surface area contributed by atoms with Crippen LogP contribution in [0.25, 0.3) is 0 Å². The molecule has 112 valence electrons. The summed E-state index contributed by atoms with van der Waals surface area (Å²) < 4.78 is 22.7. The second kappa shape index (κ2) is 9.41. The molecule has 0 spiro atoms. The van der Waals surface area contributed by atoms with Crippen molar-refractivity contribution in [3.63, 3.8) is 0 Å².